The lowest BCUT2D eigenvalue weighted by atomic mass is 10.0. The zero-order chi connectivity index (χ0) is 69.1. The summed E-state index contributed by atoms with van der Waals surface area (Å²) in [7, 11) is -9.90. The predicted molar refractivity (Wildman–Crippen MR) is 382 cm³/mol. The summed E-state index contributed by atoms with van der Waals surface area (Å²) in [5.41, 5.74) is 0. The molecule has 0 aromatic heterocycles. The fraction of sp³-hybridized carbons (Fsp3) is 0.947. The zero-order valence-electron chi connectivity index (χ0n) is 61.1. The molecule has 0 saturated carbocycles. The van der Waals surface area contributed by atoms with Crippen molar-refractivity contribution in [3.8, 4) is 0 Å². The summed E-state index contributed by atoms with van der Waals surface area (Å²) >= 11 is 0. The van der Waals surface area contributed by atoms with Gasteiger partial charge < -0.3 is 33.8 Å². The smallest absolute Gasteiger partial charge is 0.462 e. The van der Waals surface area contributed by atoms with E-state index in [4.69, 9.17) is 37.0 Å². The first-order valence-corrected chi connectivity index (χ1v) is 42.1. The minimum atomic E-state index is -4.95. The molecule has 19 heteroatoms. The number of carbonyl (C=O) groups excluding carboxylic acids is 4. The van der Waals surface area contributed by atoms with Crippen LogP contribution < -0.4 is 0 Å². The van der Waals surface area contributed by atoms with Crippen molar-refractivity contribution in [1.82, 2.24) is 0 Å². The summed E-state index contributed by atoms with van der Waals surface area (Å²) in [5.74, 6) is -1.38. The van der Waals surface area contributed by atoms with Crippen molar-refractivity contribution in [3.63, 3.8) is 0 Å². The van der Waals surface area contributed by atoms with Gasteiger partial charge in [-0.25, -0.2) is 9.13 Å². The molecule has 0 fully saturated rings. The Balaban J connectivity index is 5.19. The van der Waals surface area contributed by atoms with Crippen LogP contribution in [0.4, 0.5) is 0 Å². The molecule has 5 atom stereocenters. The fourth-order valence-electron chi connectivity index (χ4n) is 11.5. The molecular weight excluding hydrogens is 1230 g/mol. The molecule has 0 aliphatic carbocycles. The van der Waals surface area contributed by atoms with E-state index in [1.54, 1.807) is 0 Å². The van der Waals surface area contributed by atoms with Gasteiger partial charge in [0.2, 0.25) is 0 Å². The molecule has 0 aliphatic heterocycles. The number of rotatable bonds is 75. The maximum absolute atomic E-state index is 13.1. The second kappa shape index (κ2) is 68.2. The average molecular weight is 1380 g/mol. The number of ether oxygens (including phenoxy) is 4. The normalized spacial score (nSPS) is 14.0. The van der Waals surface area contributed by atoms with Gasteiger partial charge in [0.25, 0.3) is 0 Å². The minimum Gasteiger partial charge on any atom is -0.462 e. The SMILES string of the molecule is CCCCCCCCCCCCCCCCCCCCCCC(=O)O[C@H](COC(=O)CCCCCCCCCCCCCCCC)COP(=O)(O)OC[C@@H](O)COP(=O)(O)OC[C@@H](COC(=O)CCCCCCCCCC)OC(=O)CCCCCCCCCCCC(C)C. The molecule has 0 saturated heterocycles. The van der Waals surface area contributed by atoms with Crippen molar-refractivity contribution in [2.45, 2.75) is 412 Å². The molecule has 2 unspecified atom stereocenters. The van der Waals surface area contributed by atoms with Gasteiger partial charge in [0, 0.05) is 25.7 Å². The summed E-state index contributed by atoms with van der Waals surface area (Å²) in [6, 6.07) is 0. The quantitative estimate of drug-likeness (QED) is 0.0222. The first-order chi connectivity index (χ1) is 45.5. The van der Waals surface area contributed by atoms with E-state index in [2.05, 4.69) is 34.6 Å². The lowest BCUT2D eigenvalue weighted by molar-refractivity contribution is -0.161. The van der Waals surface area contributed by atoms with E-state index in [9.17, 15) is 43.2 Å². The van der Waals surface area contributed by atoms with Gasteiger partial charge in [-0.2, -0.15) is 0 Å². The maximum Gasteiger partial charge on any atom is 0.472 e. The van der Waals surface area contributed by atoms with Crippen LogP contribution >= 0.6 is 15.6 Å². The van der Waals surface area contributed by atoms with Crippen LogP contribution in [0.3, 0.4) is 0 Å². The molecule has 558 valence electrons. The van der Waals surface area contributed by atoms with Gasteiger partial charge in [-0.1, -0.05) is 343 Å². The van der Waals surface area contributed by atoms with Crippen LogP contribution in [0, 0.1) is 5.92 Å². The Hall–Kier alpha value is -1.94. The molecule has 0 amide bonds. The van der Waals surface area contributed by atoms with Crippen LogP contribution in [0.25, 0.3) is 0 Å². The van der Waals surface area contributed by atoms with Crippen molar-refractivity contribution in [3.05, 3.63) is 0 Å². The number of phosphoric ester groups is 2. The summed E-state index contributed by atoms with van der Waals surface area (Å²) in [4.78, 5) is 72.7. The van der Waals surface area contributed by atoms with Crippen molar-refractivity contribution in [1.29, 1.82) is 0 Å². The third-order valence-electron chi connectivity index (χ3n) is 17.5. The number of hydrogen-bond donors (Lipinski definition) is 3. The van der Waals surface area contributed by atoms with Crippen molar-refractivity contribution >= 4 is 39.5 Å². The Kier molecular flexibility index (Phi) is 66.8. The van der Waals surface area contributed by atoms with Gasteiger partial charge in [-0.05, 0) is 31.6 Å². The van der Waals surface area contributed by atoms with Gasteiger partial charge in [0.15, 0.2) is 12.2 Å². The van der Waals surface area contributed by atoms with E-state index in [1.165, 1.54) is 212 Å². The second-order valence-corrected chi connectivity index (χ2v) is 30.4. The van der Waals surface area contributed by atoms with E-state index in [0.717, 1.165) is 102 Å². The first kappa shape index (κ1) is 92.1. The largest absolute Gasteiger partial charge is 0.472 e. The van der Waals surface area contributed by atoms with Gasteiger partial charge in [-0.3, -0.25) is 37.3 Å². The standard InChI is InChI=1S/C75H146O17P2/c1-6-9-12-15-18-21-23-25-27-28-29-30-31-32-34-36-40-45-50-55-60-74(79)91-71(65-86-73(78)59-54-49-44-39-35-33-26-24-22-19-16-13-10-7-2)67-90-94(83,84)88-63-69(76)62-87-93(81,82)89-66-70(64-85-72(77)58-53-48-43-20-17-14-11-8-3)92-75(80)61-56-51-46-41-37-38-42-47-52-57-68(4)5/h68-71,76H,6-67H2,1-5H3,(H,81,82)(H,83,84)/t69-,70+,71+/m0/s1. The number of hydrogen-bond acceptors (Lipinski definition) is 15. The van der Waals surface area contributed by atoms with E-state index >= 15 is 0 Å². The third kappa shape index (κ3) is 68.6. The lowest BCUT2D eigenvalue weighted by Crippen LogP contribution is -2.30. The Labute approximate surface area is 575 Å². The average Bonchev–Trinajstić information content (AvgIpc) is 1.15. The highest BCUT2D eigenvalue weighted by molar-refractivity contribution is 7.47. The summed E-state index contributed by atoms with van der Waals surface area (Å²) in [5, 5.41) is 10.6. The van der Waals surface area contributed by atoms with Crippen LogP contribution in [0.15, 0.2) is 0 Å². The van der Waals surface area contributed by atoms with E-state index < -0.39 is 97.5 Å². The number of carbonyl (C=O) groups is 4. The van der Waals surface area contributed by atoms with Crippen molar-refractivity contribution in [2.75, 3.05) is 39.6 Å². The van der Waals surface area contributed by atoms with E-state index in [1.807, 2.05) is 0 Å². The Morgan fingerprint density at radius 2 is 0.489 bits per heavy atom. The molecule has 0 aliphatic rings. The molecule has 0 aromatic rings. The lowest BCUT2D eigenvalue weighted by Gasteiger charge is -2.21. The van der Waals surface area contributed by atoms with Gasteiger partial charge in [0.05, 0.1) is 26.4 Å². The molecule has 94 heavy (non-hydrogen) atoms. The number of unbranched alkanes of at least 4 members (excludes halogenated alkanes) is 47. The molecule has 0 aromatic carbocycles. The molecular formula is C75H146O17P2. The number of aliphatic hydroxyl groups is 1. The Morgan fingerprint density at radius 3 is 0.723 bits per heavy atom. The van der Waals surface area contributed by atoms with Gasteiger partial charge in [-0.15, -0.1) is 0 Å². The Morgan fingerprint density at radius 1 is 0.287 bits per heavy atom. The first-order valence-electron chi connectivity index (χ1n) is 39.1. The molecule has 0 bridgehead atoms. The molecule has 17 nitrogen and oxygen atoms in total. The van der Waals surface area contributed by atoms with Gasteiger partial charge >= 0.3 is 39.5 Å². The summed E-state index contributed by atoms with van der Waals surface area (Å²) < 4.78 is 68.4. The molecule has 0 heterocycles. The second-order valence-electron chi connectivity index (χ2n) is 27.5. The number of phosphoric acid groups is 2. The van der Waals surface area contributed by atoms with Crippen LogP contribution in [-0.4, -0.2) is 96.7 Å². The van der Waals surface area contributed by atoms with Crippen LogP contribution in [0.5, 0.6) is 0 Å². The summed E-state index contributed by atoms with van der Waals surface area (Å²) in [6.07, 6.45) is 57.0. The van der Waals surface area contributed by atoms with Crippen LogP contribution in [-0.2, 0) is 65.4 Å². The minimum absolute atomic E-state index is 0.105. The highest BCUT2D eigenvalue weighted by atomic mass is 31.2. The number of esters is 4. The van der Waals surface area contributed by atoms with Crippen molar-refractivity contribution in [2.24, 2.45) is 5.92 Å². The highest BCUT2D eigenvalue weighted by Crippen LogP contribution is 2.45. The zero-order valence-corrected chi connectivity index (χ0v) is 62.9. The van der Waals surface area contributed by atoms with E-state index in [-0.39, 0.29) is 25.7 Å². The predicted octanol–water partition coefficient (Wildman–Crippen LogP) is 22.1. The molecule has 0 radical (unpaired) electrons. The topological polar surface area (TPSA) is 237 Å². The number of aliphatic hydroxyl groups excluding tert-OH is 1. The maximum atomic E-state index is 13.1. The van der Waals surface area contributed by atoms with E-state index in [0.29, 0.717) is 25.7 Å². The van der Waals surface area contributed by atoms with Crippen LogP contribution in [0.2, 0.25) is 0 Å². The third-order valence-corrected chi connectivity index (χ3v) is 19.4. The monoisotopic (exact) mass is 1380 g/mol. The van der Waals surface area contributed by atoms with Crippen molar-refractivity contribution < 1.29 is 80.2 Å². The molecule has 3 N–H and O–H groups in total. The van der Waals surface area contributed by atoms with Crippen LogP contribution in [0.1, 0.15) is 394 Å². The summed E-state index contributed by atoms with van der Waals surface area (Å²) in [6.45, 7) is 7.23. The molecule has 0 rings (SSSR count). The molecule has 0 spiro atoms. The fourth-order valence-corrected chi connectivity index (χ4v) is 13.1. The highest BCUT2D eigenvalue weighted by Gasteiger charge is 2.30. The van der Waals surface area contributed by atoms with Gasteiger partial charge in [0.1, 0.15) is 19.3 Å². The Bertz CT molecular complexity index is 1810.